The number of carbonyl (C=O) groups excluding carboxylic acids is 3. The number of carbonyl (C=O) groups is 3. The van der Waals surface area contributed by atoms with Crippen LogP contribution < -0.4 is 24.9 Å². The van der Waals surface area contributed by atoms with Crippen LogP contribution in [-0.2, 0) is 0 Å². The number of fused-ring (bicyclic) bond motifs is 1. The van der Waals surface area contributed by atoms with Crippen LogP contribution in [0.15, 0.2) is 79.9 Å². The number of piperidine rings is 1. The molecule has 9 nitrogen and oxygen atoms in total. The number of nitrogens with one attached hydrogen (secondary N) is 2. The molecule has 3 aromatic carbocycles. The molecule has 2 aliphatic carbocycles. The van der Waals surface area contributed by atoms with Gasteiger partial charge in [0, 0.05) is 51.3 Å². The van der Waals surface area contributed by atoms with Crippen molar-refractivity contribution in [3.63, 3.8) is 0 Å². The molecule has 52 heavy (non-hydrogen) atoms. The van der Waals surface area contributed by atoms with Crippen molar-refractivity contribution in [1.29, 1.82) is 0 Å². The van der Waals surface area contributed by atoms with Crippen LogP contribution in [0.4, 0.5) is 9.59 Å². The Bertz CT molecular complexity index is 1800. The van der Waals surface area contributed by atoms with E-state index in [0.29, 0.717) is 28.4 Å². The van der Waals surface area contributed by atoms with Crippen molar-refractivity contribution < 1.29 is 28.7 Å². The van der Waals surface area contributed by atoms with E-state index in [2.05, 4.69) is 23.8 Å². The first kappa shape index (κ1) is 37.1. The monoisotopic (exact) mass is 723 g/mol. The van der Waals surface area contributed by atoms with Gasteiger partial charge in [0.05, 0.1) is 0 Å². The van der Waals surface area contributed by atoms with Gasteiger partial charge in [-0.15, -0.1) is 29.6 Å². The molecule has 10 heteroatoms. The highest BCUT2D eigenvalue weighted by molar-refractivity contribution is 7.22. The number of hydrogen-bond acceptors (Lipinski definition) is 8. The van der Waals surface area contributed by atoms with Crippen molar-refractivity contribution in [1.82, 2.24) is 15.7 Å². The van der Waals surface area contributed by atoms with Crippen molar-refractivity contribution in [2.45, 2.75) is 95.6 Å². The Morgan fingerprint density at radius 3 is 1.75 bits per heavy atom. The minimum Gasteiger partial charge on any atom is -0.410 e. The fraction of sp³-hybridized carbons (Fsp3) is 0.405. The highest BCUT2D eigenvalue weighted by Gasteiger charge is 2.24. The van der Waals surface area contributed by atoms with Crippen molar-refractivity contribution in [2.24, 2.45) is 0 Å². The molecule has 3 aliphatic rings. The van der Waals surface area contributed by atoms with Crippen molar-refractivity contribution >= 4 is 39.4 Å². The summed E-state index contributed by atoms with van der Waals surface area (Å²) in [5.41, 5.74) is 1.93. The van der Waals surface area contributed by atoms with Gasteiger partial charge in [0.1, 0.15) is 17.2 Å². The number of nitrogens with zero attached hydrogens (tertiary/aromatic N) is 1. The molecule has 1 aliphatic heterocycles. The lowest BCUT2D eigenvalue weighted by atomic mass is 9.96. The maximum atomic E-state index is 14.3. The molecule has 274 valence electrons. The fourth-order valence-electron chi connectivity index (χ4n) is 7.26. The minimum absolute atomic E-state index is 0.119. The van der Waals surface area contributed by atoms with Crippen LogP contribution in [0.25, 0.3) is 20.5 Å². The Hall–Kier alpha value is -4.67. The third-order valence-corrected chi connectivity index (χ3v) is 11.1. The molecule has 1 saturated heterocycles. The molecule has 4 aromatic rings. The summed E-state index contributed by atoms with van der Waals surface area (Å²) in [7, 11) is 0. The van der Waals surface area contributed by atoms with E-state index in [1.807, 2.05) is 53.6 Å². The van der Waals surface area contributed by atoms with Gasteiger partial charge in [-0.2, -0.15) is 0 Å². The molecule has 0 unspecified atom stereocenters. The van der Waals surface area contributed by atoms with Crippen LogP contribution in [0.3, 0.4) is 0 Å². The van der Waals surface area contributed by atoms with Gasteiger partial charge in [0.25, 0.3) is 0 Å². The summed E-state index contributed by atoms with van der Waals surface area (Å²) in [4.78, 5) is 46.4. The average Bonchev–Trinajstić information content (AvgIpc) is 3.56. The van der Waals surface area contributed by atoms with Crippen LogP contribution in [0.1, 0.15) is 99.4 Å². The third kappa shape index (κ3) is 9.60. The highest BCUT2D eigenvalue weighted by Crippen LogP contribution is 2.42. The Morgan fingerprint density at radius 2 is 1.15 bits per heavy atom. The van der Waals surface area contributed by atoms with Gasteiger partial charge < -0.3 is 24.9 Å². The van der Waals surface area contributed by atoms with Crippen molar-refractivity contribution in [3.05, 3.63) is 91.0 Å². The standard InChI is InChI=1S/C40H45N3O6S.C2H4/c44-37(27-14-20-32(21-15-27)49-43-24-8-3-9-25-43)36-34-23-22-33(48-40(46)42-30-12-6-2-7-13-30)26-35(34)50-38(36)28-16-18-31(19-17-28)47-39(45)41-29-10-4-1-5-11-29;1-2/h14-23,26,29-30H,1-13,24-25H2,(H,41,45)(H,42,46);1-2H2. The number of thiophene rings is 1. The lowest BCUT2D eigenvalue weighted by Gasteiger charge is -2.26. The predicted octanol–water partition coefficient (Wildman–Crippen LogP) is 10.2. The number of amides is 2. The van der Waals surface area contributed by atoms with Crippen LogP contribution in [0.5, 0.6) is 17.2 Å². The maximum absolute atomic E-state index is 14.3. The Kier molecular flexibility index (Phi) is 13.0. The Labute approximate surface area is 310 Å². The van der Waals surface area contributed by atoms with E-state index in [4.69, 9.17) is 14.3 Å². The first-order chi connectivity index (χ1) is 25.5. The Morgan fingerprint density at radius 1 is 0.635 bits per heavy atom. The molecule has 2 amide bonds. The van der Waals surface area contributed by atoms with Crippen molar-refractivity contribution in [3.8, 4) is 27.7 Å². The summed E-state index contributed by atoms with van der Waals surface area (Å²) in [5, 5.41) is 8.74. The van der Waals surface area contributed by atoms with E-state index in [1.54, 1.807) is 18.2 Å². The van der Waals surface area contributed by atoms with Gasteiger partial charge in [-0.1, -0.05) is 44.9 Å². The van der Waals surface area contributed by atoms with Crippen LogP contribution in [0, 0.1) is 0 Å². The van der Waals surface area contributed by atoms with E-state index in [1.165, 1.54) is 30.6 Å². The first-order valence-corrected chi connectivity index (χ1v) is 19.5. The summed E-state index contributed by atoms with van der Waals surface area (Å²) in [6.45, 7) is 7.79. The van der Waals surface area contributed by atoms with E-state index in [-0.39, 0.29) is 17.9 Å². The maximum Gasteiger partial charge on any atom is 0.412 e. The van der Waals surface area contributed by atoms with E-state index < -0.39 is 12.2 Å². The van der Waals surface area contributed by atoms with Crippen LogP contribution in [-0.4, -0.2) is 48.2 Å². The molecule has 0 bridgehead atoms. The summed E-state index contributed by atoms with van der Waals surface area (Å²) in [5.74, 6) is 1.44. The largest absolute Gasteiger partial charge is 0.412 e. The minimum atomic E-state index is -0.459. The first-order valence-electron chi connectivity index (χ1n) is 18.7. The molecule has 1 aromatic heterocycles. The number of hydroxylamine groups is 2. The SMILES string of the molecule is C=C.O=C(NC1CCCCC1)Oc1ccc(-c2sc3cc(OC(=O)NC4CCCCC4)ccc3c2C(=O)c2ccc(ON3CCCCC3)cc2)cc1. The summed E-state index contributed by atoms with van der Waals surface area (Å²) < 4.78 is 12.1. The normalized spacial score (nSPS) is 17.0. The average molecular weight is 724 g/mol. The van der Waals surface area contributed by atoms with Gasteiger partial charge in [-0.3, -0.25) is 4.79 Å². The summed E-state index contributed by atoms with van der Waals surface area (Å²) in [6, 6.07) is 20.3. The molecule has 7 rings (SSSR count). The molecule has 0 atom stereocenters. The molecule has 2 saturated carbocycles. The number of hydrogen-bond donors (Lipinski definition) is 2. The van der Waals surface area contributed by atoms with Gasteiger partial charge in [-0.05, 0) is 111 Å². The molecular weight excluding hydrogens is 675 g/mol. The molecule has 2 N–H and O–H groups in total. The number of rotatable bonds is 9. The van der Waals surface area contributed by atoms with Crippen LogP contribution in [0.2, 0.25) is 0 Å². The zero-order valence-electron chi connectivity index (χ0n) is 29.8. The number of ketones is 1. The molecule has 3 fully saturated rings. The highest BCUT2D eigenvalue weighted by atomic mass is 32.1. The second-order valence-electron chi connectivity index (χ2n) is 13.7. The second kappa shape index (κ2) is 18.2. The summed E-state index contributed by atoms with van der Waals surface area (Å²) >= 11 is 1.46. The quantitative estimate of drug-likeness (QED) is 0.131. The molecule has 2 heterocycles. The van der Waals surface area contributed by atoms with E-state index in [9.17, 15) is 14.4 Å². The molecular formula is C42H49N3O6S. The molecule has 0 spiro atoms. The summed E-state index contributed by atoms with van der Waals surface area (Å²) in [6.07, 6.45) is 13.3. The zero-order valence-corrected chi connectivity index (χ0v) is 30.6. The topological polar surface area (TPSA) is 106 Å². The van der Waals surface area contributed by atoms with Gasteiger partial charge in [0.2, 0.25) is 0 Å². The number of benzene rings is 3. The van der Waals surface area contributed by atoms with E-state index in [0.717, 1.165) is 97.8 Å². The Balaban J connectivity index is 0.00000228. The third-order valence-electron chi connectivity index (χ3n) is 9.95. The smallest absolute Gasteiger partial charge is 0.410 e. The molecule has 0 radical (unpaired) electrons. The number of ether oxygens (including phenoxy) is 2. The second-order valence-corrected chi connectivity index (χ2v) is 14.7. The van der Waals surface area contributed by atoms with Crippen molar-refractivity contribution in [2.75, 3.05) is 13.1 Å². The fourth-order valence-corrected chi connectivity index (χ4v) is 8.49. The van der Waals surface area contributed by atoms with Crippen LogP contribution >= 0.6 is 11.3 Å². The predicted molar refractivity (Wildman–Crippen MR) is 207 cm³/mol. The zero-order chi connectivity index (χ0) is 36.3. The lowest BCUT2D eigenvalue weighted by Crippen LogP contribution is -2.37. The van der Waals surface area contributed by atoms with Gasteiger partial charge in [-0.25, -0.2) is 9.59 Å². The lowest BCUT2D eigenvalue weighted by molar-refractivity contribution is -0.0720. The van der Waals surface area contributed by atoms with Gasteiger partial charge in [0.15, 0.2) is 5.78 Å². The van der Waals surface area contributed by atoms with E-state index >= 15 is 0 Å². The van der Waals surface area contributed by atoms with Gasteiger partial charge >= 0.3 is 12.2 Å².